The summed E-state index contributed by atoms with van der Waals surface area (Å²) in [6.45, 7) is 2.72. The molecule has 0 saturated heterocycles. The van der Waals surface area contributed by atoms with E-state index in [1.807, 2.05) is 24.3 Å². The molecule has 4 N–H and O–H groups in total. The second kappa shape index (κ2) is 3.39. The fraction of sp³-hybridized carbons (Fsp3) is 0.333. The molecule has 0 saturated carbocycles. The smallest absolute Gasteiger partial charge is 0.0349 e. The van der Waals surface area contributed by atoms with Crippen LogP contribution in [-0.4, -0.2) is 6.54 Å². The topological polar surface area (TPSA) is 52.0 Å². The predicted octanol–water partition coefficient (Wildman–Crippen LogP) is 1.33. The van der Waals surface area contributed by atoms with Gasteiger partial charge in [-0.25, -0.2) is 0 Å². The van der Waals surface area contributed by atoms with Gasteiger partial charge in [0.2, 0.25) is 0 Å². The molecule has 0 aliphatic rings. The number of hydrogen-bond donors (Lipinski definition) is 2. The maximum atomic E-state index is 5.74. The molecule has 0 aromatic heterocycles. The first kappa shape index (κ1) is 8.08. The summed E-state index contributed by atoms with van der Waals surface area (Å²) >= 11 is 0. The van der Waals surface area contributed by atoms with Gasteiger partial charge in [0.15, 0.2) is 0 Å². The van der Waals surface area contributed by atoms with Gasteiger partial charge in [-0.3, -0.25) is 0 Å². The minimum atomic E-state index is 0.358. The molecule has 0 unspecified atom stereocenters. The fourth-order valence-electron chi connectivity index (χ4n) is 1.09. The molecular weight excluding hydrogens is 136 g/mol. The van der Waals surface area contributed by atoms with Crippen LogP contribution in [0.3, 0.4) is 0 Å². The van der Waals surface area contributed by atoms with Crippen molar-refractivity contribution in [2.45, 2.75) is 12.8 Å². The van der Waals surface area contributed by atoms with Gasteiger partial charge in [-0.2, -0.15) is 0 Å². The largest absolute Gasteiger partial charge is 0.398 e. The Kier molecular flexibility index (Phi) is 2.49. The minimum absolute atomic E-state index is 0.358. The lowest BCUT2D eigenvalue weighted by atomic mass is 10.00. The summed E-state index contributed by atoms with van der Waals surface area (Å²) in [5.74, 6) is 0.358. The molecule has 0 heterocycles. The number of nitrogen functional groups attached to an aromatic ring is 1. The molecule has 0 aliphatic heterocycles. The van der Waals surface area contributed by atoms with Crippen molar-refractivity contribution in [1.82, 2.24) is 0 Å². The van der Waals surface area contributed by atoms with Gasteiger partial charge >= 0.3 is 0 Å². The Morgan fingerprint density at radius 3 is 2.55 bits per heavy atom. The van der Waals surface area contributed by atoms with E-state index in [0.29, 0.717) is 12.5 Å². The quantitative estimate of drug-likeness (QED) is 0.625. The van der Waals surface area contributed by atoms with Gasteiger partial charge in [0, 0.05) is 5.69 Å². The van der Waals surface area contributed by atoms with E-state index in [-0.39, 0.29) is 0 Å². The van der Waals surface area contributed by atoms with Gasteiger partial charge in [-0.1, -0.05) is 25.1 Å². The number of hydrogen-bond acceptors (Lipinski definition) is 2. The molecule has 11 heavy (non-hydrogen) atoms. The van der Waals surface area contributed by atoms with Gasteiger partial charge in [0.05, 0.1) is 0 Å². The summed E-state index contributed by atoms with van der Waals surface area (Å²) < 4.78 is 0. The Morgan fingerprint density at radius 2 is 2.00 bits per heavy atom. The molecule has 0 amide bonds. The van der Waals surface area contributed by atoms with Crippen molar-refractivity contribution in [3.8, 4) is 0 Å². The monoisotopic (exact) mass is 150 g/mol. The minimum Gasteiger partial charge on any atom is -0.398 e. The number of anilines is 1. The molecule has 0 bridgehead atoms. The highest BCUT2D eigenvalue weighted by Crippen LogP contribution is 2.19. The van der Waals surface area contributed by atoms with Crippen molar-refractivity contribution < 1.29 is 0 Å². The molecule has 0 radical (unpaired) electrons. The SMILES string of the molecule is C[C@@H](CN)c1ccccc1N. The zero-order chi connectivity index (χ0) is 8.27. The van der Waals surface area contributed by atoms with E-state index in [9.17, 15) is 0 Å². The van der Waals surface area contributed by atoms with Crippen LogP contribution < -0.4 is 11.5 Å². The van der Waals surface area contributed by atoms with Crippen molar-refractivity contribution >= 4 is 5.69 Å². The predicted molar refractivity (Wildman–Crippen MR) is 48.3 cm³/mol. The molecule has 1 aromatic carbocycles. The van der Waals surface area contributed by atoms with E-state index in [1.165, 1.54) is 0 Å². The van der Waals surface area contributed by atoms with Crippen LogP contribution in [0.25, 0.3) is 0 Å². The van der Waals surface area contributed by atoms with Crippen LogP contribution in [0, 0.1) is 0 Å². The standard InChI is InChI=1S/C9H14N2/c1-7(6-10)8-4-2-3-5-9(8)11/h2-5,7H,6,10-11H2,1H3/t7-/m0/s1. The van der Waals surface area contributed by atoms with Crippen LogP contribution >= 0.6 is 0 Å². The summed E-state index contributed by atoms with van der Waals surface area (Å²) in [5.41, 5.74) is 13.2. The molecule has 60 valence electrons. The zero-order valence-corrected chi connectivity index (χ0v) is 6.75. The van der Waals surface area contributed by atoms with E-state index in [0.717, 1.165) is 11.3 Å². The highest BCUT2D eigenvalue weighted by Gasteiger charge is 2.04. The van der Waals surface area contributed by atoms with Crippen molar-refractivity contribution in [1.29, 1.82) is 0 Å². The number of para-hydroxylation sites is 1. The van der Waals surface area contributed by atoms with E-state index < -0.39 is 0 Å². The second-order valence-corrected chi connectivity index (χ2v) is 2.77. The number of rotatable bonds is 2. The molecule has 2 heteroatoms. The molecule has 0 spiro atoms. The Labute approximate surface area is 67.2 Å². The molecule has 2 nitrogen and oxygen atoms in total. The normalized spacial score (nSPS) is 12.9. The fourth-order valence-corrected chi connectivity index (χ4v) is 1.09. The van der Waals surface area contributed by atoms with Crippen LogP contribution in [0.4, 0.5) is 5.69 Å². The van der Waals surface area contributed by atoms with Crippen LogP contribution in [0.1, 0.15) is 18.4 Å². The van der Waals surface area contributed by atoms with Crippen molar-refractivity contribution in [2.24, 2.45) is 5.73 Å². The lowest BCUT2D eigenvalue weighted by Crippen LogP contribution is -2.10. The van der Waals surface area contributed by atoms with Crippen LogP contribution in [-0.2, 0) is 0 Å². The Bertz CT molecular complexity index is 233. The van der Waals surface area contributed by atoms with Crippen LogP contribution in [0.2, 0.25) is 0 Å². The van der Waals surface area contributed by atoms with Gasteiger partial charge in [0.1, 0.15) is 0 Å². The van der Waals surface area contributed by atoms with Crippen LogP contribution in [0.5, 0.6) is 0 Å². The van der Waals surface area contributed by atoms with E-state index in [1.54, 1.807) is 0 Å². The summed E-state index contributed by atoms with van der Waals surface area (Å²) in [5, 5.41) is 0. The lowest BCUT2D eigenvalue weighted by molar-refractivity contribution is 0.776. The first-order valence-corrected chi connectivity index (χ1v) is 3.80. The number of benzene rings is 1. The molecule has 0 fully saturated rings. The molecule has 1 atom stereocenters. The van der Waals surface area contributed by atoms with E-state index in [2.05, 4.69) is 6.92 Å². The lowest BCUT2D eigenvalue weighted by Gasteiger charge is -2.10. The first-order chi connectivity index (χ1) is 5.25. The first-order valence-electron chi connectivity index (χ1n) is 3.80. The van der Waals surface area contributed by atoms with Gasteiger partial charge in [-0.15, -0.1) is 0 Å². The molecule has 1 rings (SSSR count). The summed E-state index contributed by atoms with van der Waals surface area (Å²) in [6.07, 6.45) is 0. The molecular formula is C9H14N2. The third-order valence-electron chi connectivity index (χ3n) is 1.88. The van der Waals surface area contributed by atoms with Gasteiger partial charge < -0.3 is 11.5 Å². The van der Waals surface area contributed by atoms with E-state index >= 15 is 0 Å². The van der Waals surface area contributed by atoms with E-state index in [4.69, 9.17) is 11.5 Å². The summed E-state index contributed by atoms with van der Waals surface area (Å²) in [6, 6.07) is 7.84. The highest BCUT2D eigenvalue weighted by molar-refractivity contribution is 5.48. The third-order valence-corrected chi connectivity index (χ3v) is 1.88. The van der Waals surface area contributed by atoms with Gasteiger partial charge in [0.25, 0.3) is 0 Å². The molecule has 1 aromatic rings. The second-order valence-electron chi connectivity index (χ2n) is 2.77. The van der Waals surface area contributed by atoms with Crippen molar-refractivity contribution in [3.63, 3.8) is 0 Å². The van der Waals surface area contributed by atoms with Crippen molar-refractivity contribution in [3.05, 3.63) is 29.8 Å². The number of nitrogens with two attached hydrogens (primary N) is 2. The third kappa shape index (κ3) is 1.71. The van der Waals surface area contributed by atoms with Crippen LogP contribution in [0.15, 0.2) is 24.3 Å². The van der Waals surface area contributed by atoms with Crippen molar-refractivity contribution in [2.75, 3.05) is 12.3 Å². The average Bonchev–Trinajstić information content (AvgIpc) is 2.04. The average molecular weight is 150 g/mol. The maximum absolute atomic E-state index is 5.74. The maximum Gasteiger partial charge on any atom is 0.0349 e. The summed E-state index contributed by atoms with van der Waals surface area (Å²) in [7, 11) is 0. The zero-order valence-electron chi connectivity index (χ0n) is 6.75. The Hall–Kier alpha value is -1.02. The van der Waals surface area contributed by atoms with Gasteiger partial charge in [-0.05, 0) is 24.1 Å². The Morgan fingerprint density at radius 1 is 1.36 bits per heavy atom. The Balaban J connectivity index is 2.93. The highest BCUT2D eigenvalue weighted by atomic mass is 14.6. The molecule has 0 aliphatic carbocycles. The summed E-state index contributed by atoms with van der Waals surface area (Å²) in [4.78, 5) is 0.